The van der Waals surface area contributed by atoms with Gasteiger partial charge >= 0.3 is 11.9 Å². The lowest BCUT2D eigenvalue weighted by atomic mass is 9.97. The molecular formula is C98H80N14O6. The molecule has 0 radical (unpaired) electrons. The third-order valence-electron chi connectivity index (χ3n) is 18.4. The van der Waals surface area contributed by atoms with Crippen molar-refractivity contribution in [3.63, 3.8) is 0 Å². The zero-order valence-corrected chi connectivity index (χ0v) is 66.0. The quantitative estimate of drug-likeness (QED) is 0.0911. The van der Waals surface area contributed by atoms with Crippen molar-refractivity contribution in [2.75, 3.05) is 28.4 Å². The second-order valence-corrected chi connectivity index (χ2v) is 26.5. The third kappa shape index (κ3) is 20.6. The minimum absolute atomic E-state index is 0.364. The minimum Gasteiger partial charge on any atom is -0.497 e. The van der Waals surface area contributed by atoms with Gasteiger partial charge in [-0.15, -0.1) is 0 Å². The molecule has 0 aliphatic carbocycles. The first-order valence-corrected chi connectivity index (χ1v) is 37.6. The Hall–Kier alpha value is -15.7. The number of carbonyl (C=O) groups excluding carboxylic acids is 2. The van der Waals surface area contributed by atoms with Crippen LogP contribution in [0.2, 0.25) is 0 Å². The van der Waals surface area contributed by atoms with E-state index in [1.54, 1.807) is 87.8 Å². The molecule has 0 saturated heterocycles. The zero-order valence-electron chi connectivity index (χ0n) is 66.0. The van der Waals surface area contributed by atoms with E-state index in [0.717, 1.165) is 122 Å². The van der Waals surface area contributed by atoms with Crippen LogP contribution in [0, 0.1) is 27.7 Å². The van der Waals surface area contributed by atoms with E-state index < -0.39 is 11.9 Å². The van der Waals surface area contributed by atoms with Crippen LogP contribution in [0.5, 0.6) is 11.5 Å². The average molecular weight is 1550 g/mol. The number of esters is 2. The lowest BCUT2D eigenvalue weighted by Gasteiger charge is -2.11. The Morgan fingerprint density at radius 1 is 0.246 bits per heavy atom. The van der Waals surface area contributed by atoms with Crippen molar-refractivity contribution in [2.45, 2.75) is 27.7 Å². The number of hydrogen-bond acceptors (Lipinski definition) is 20. The van der Waals surface area contributed by atoms with Crippen LogP contribution in [0.15, 0.2) is 341 Å². The Morgan fingerprint density at radius 3 is 0.941 bits per heavy atom. The number of pyridine rings is 14. The summed E-state index contributed by atoms with van der Waals surface area (Å²) in [5, 5.41) is 6.83. The monoisotopic (exact) mass is 1550 g/mol. The van der Waals surface area contributed by atoms with E-state index in [2.05, 4.69) is 214 Å². The van der Waals surface area contributed by atoms with Gasteiger partial charge in [0.05, 0.1) is 118 Å². The first kappa shape index (κ1) is 80.4. The number of carbonyl (C=O) groups is 2. The van der Waals surface area contributed by atoms with E-state index in [1.807, 2.05) is 148 Å². The van der Waals surface area contributed by atoms with Crippen LogP contribution in [-0.4, -0.2) is 110 Å². The lowest BCUT2D eigenvalue weighted by molar-refractivity contribution is 0.0591. The topological polar surface area (TPSA) is 252 Å². The highest BCUT2D eigenvalue weighted by Crippen LogP contribution is 2.36. The standard InChI is InChI=1S/C24H16N2.C14H12N2O4.C14H12N2.C12H12N2O2.C12H8N2.C12H12N2.C10H8N2/c1-3-7-17(8-4-1)19-13-15-25-23-21(19)11-12-22-20(14-16-26-24(22)23)18-9-5-2-6-10-18;1-19-13(17)9-3-5-15-11(7-9)12-8-10(4-6-16-12)14(18)20-2;1-9-3-5-11-7-8-12-6-4-10(2)16-14(12)13(11)15-9;1-15-9-3-5-13-11(7-9)12-8-10(16-2)4-6-14-12;1-3-9-5-6-10-4-2-8-14-12(10)11(9)13-7-1;1-9-3-5-13-11(7-9)12-8-10(2)4-6-14-12;1-3-7-11-9(5-1)10-6-2-4-8-12-10/h1-16H;3-8H,1-2H3;2*3-8H,1-2H3;1-8H;3-8H,1-2H3;1-8H. The highest BCUT2D eigenvalue weighted by molar-refractivity contribution is 6.12. The number of ether oxygens (including phenoxy) is 4. The van der Waals surface area contributed by atoms with Crippen LogP contribution in [0.4, 0.5) is 0 Å². The molecule has 118 heavy (non-hydrogen) atoms. The van der Waals surface area contributed by atoms with E-state index in [0.29, 0.717) is 22.5 Å². The molecule has 20 heteroatoms. The Morgan fingerprint density at radius 2 is 0.568 bits per heavy atom. The van der Waals surface area contributed by atoms with Gasteiger partial charge in [-0.3, -0.25) is 69.8 Å². The van der Waals surface area contributed by atoms with Crippen molar-refractivity contribution in [3.8, 4) is 79.3 Å². The third-order valence-corrected chi connectivity index (χ3v) is 18.4. The molecule has 14 heterocycles. The van der Waals surface area contributed by atoms with Crippen LogP contribution in [0.3, 0.4) is 0 Å². The molecule has 19 rings (SSSR count). The van der Waals surface area contributed by atoms with Gasteiger partial charge in [-0.05, 0) is 182 Å². The molecule has 0 spiro atoms. The molecule has 20 nitrogen and oxygen atoms in total. The van der Waals surface area contributed by atoms with E-state index in [4.69, 9.17) is 9.47 Å². The van der Waals surface area contributed by atoms with Crippen LogP contribution in [-0.2, 0) is 9.47 Å². The molecule has 14 aromatic heterocycles. The number of methoxy groups -OCH3 is 4. The summed E-state index contributed by atoms with van der Waals surface area (Å²) in [6.45, 7) is 8.13. The lowest BCUT2D eigenvalue weighted by Crippen LogP contribution is -2.03. The molecular weight excluding hydrogens is 1470 g/mol. The van der Waals surface area contributed by atoms with Crippen molar-refractivity contribution in [2.24, 2.45) is 0 Å². The van der Waals surface area contributed by atoms with E-state index in [9.17, 15) is 9.59 Å². The number of benzene rings is 5. The van der Waals surface area contributed by atoms with Crippen molar-refractivity contribution in [1.29, 1.82) is 0 Å². The molecule has 0 N–H and O–H groups in total. The Bertz CT molecular complexity index is 6240. The smallest absolute Gasteiger partial charge is 0.337 e. The van der Waals surface area contributed by atoms with E-state index in [1.165, 1.54) is 60.0 Å². The molecule has 19 aromatic rings. The van der Waals surface area contributed by atoms with Gasteiger partial charge in [0, 0.05) is 130 Å². The van der Waals surface area contributed by atoms with Crippen molar-refractivity contribution in [3.05, 3.63) is 375 Å². The van der Waals surface area contributed by atoms with Crippen molar-refractivity contribution < 1.29 is 28.5 Å². The summed E-state index contributed by atoms with van der Waals surface area (Å²) in [6, 6.07) is 87.0. The Kier molecular flexibility index (Phi) is 27.0. The number of rotatable bonds is 10. The summed E-state index contributed by atoms with van der Waals surface area (Å²) in [5.41, 5.74) is 22.0. The Balaban J connectivity index is 0.000000121. The molecule has 0 bridgehead atoms. The molecule has 0 fully saturated rings. The van der Waals surface area contributed by atoms with Crippen molar-refractivity contribution >= 4 is 77.4 Å². The second-order valence-electron chi connectivity index (χ2n) is 26.5. The van der Waals surface area contributed by atoms with Gasteiger partial charge in [0.25, 0.3) is 0 Å². The summed E-state index contributed by atoms with van der Waals surface area (Å²) < 4.78 is 19.6. The number of fused-ring (bicyclic) bond motifs is 9. The Labute approximate surface area is 682 Å². The zero-order chi connectivity index (χ0) is 82.0. The maximum absolute atomic E-state index is 11.5. The van der Waals surface area contributed by atoms with Crippen LogP contribution < -0.4 is 9.47 Å². The molecule has 578 valence electrons. The fourth-order valence-electron chi connectivity index (χ4n) is 12.6. The van der Waals surface area contributed by atoms with Gasteiger partial charge in [-0.25, -0.2) is 9.59 Å². The van der Waals surface area contributed by atoms with E-state index in [-0.39, 0.29) is 0 Å². The van der Waals surface area contributed by atoms with Gasteiger partial charge < -0.3 is 18.9 Å². The van der Waals surface area contributed by atoms with Crippen LogP contribution in [0.1, 0.15) is 43.2 Å². The molecule has 0 saturated carbocycles. The maximum Gasteiger partial charge on any atom is 0.337 e. The fourth-order valence-corrected chi connectivity index (χ4v) is 12.6. The first-order chi connectivity index (χ1) is 57.8. The fraction of sp³-hybridized carbons (Fsp3) is 0.0816. The van der Waals surface area contributed by atoms with Gasteiger partial charge in [0.1, 0.15) is 11.5 Å². The maximum atomic E-state index is 11.5. The average Bonchev–Trinajstić information content (AvgIpc) is 0.761. The largest absolute Gasteiger partial charge is 0.497 e. The SMILES string of the molecule is COC(=O)c1ccnc(-c2cc(C(=O)OC)ccn2)c1.COc1ccnc(-c2cc(OC)ccn2)c1.Cc1ccc2ccc3ccc(C)nc3c2n1.Cc1ccnc(-c2cc(C)ccn2)c1.c1ccc(-c2ccccn2)nc1.c1ccc(-c2ccnc3c2ccc2c(-c4ccccc4)ccnc23)cc1.c1cnc2c(c1)ccc1cccnc12. The number of hydrogen-bond donors (Lipinski definition) is 0. The summed E-state index contributed by atoms with van der Waals surface area (Å²) in [4.78, 5) is 83.8. The molecule has 0 amide bonds. The van der Waals surface area contributed by atoms with Gasteiger partial charge in [-0.2, -0.15) is 0 Å². The van der Waals surface area contributed by atoms with Crippen molar-refractivity contribution in [1.82, 2.24) is 69.8 Å². The minimum atomic E-state index is -0.460. The van der Waals surface area contributed by atoms with Gasteiger partial charge in [0.2, 0.25) is 0 Å². The second kappa shape index (κ2) is 39.7. The highest BCUT2D eigenvalue weighted by atomic mass is 16.5. The van der Waals surface area contributed by atoms with Crippen LogP contribution in [0.25, 0.3) is 133 Å². The first-order valence-electron chi connectivity index (χ1n) is 37.6. The highest BCUT2D eigenvalue weighted by Gasteiger charge is 2.15. The molecule has 0 aliphatic heterocycles. The molecule has 0 atom stereocenters. The summed E-state index contributed by atoms with van der Waals surface area (Å²) in [7, 11) is 5.85. The number of aromatic nitrogens is 14. The van der Waals surface area contributed by atoms with Gasteiger partial charge in [0.15, 0.2) is 0 Å². The predicted octanol–water partition coefficient (Wildman–Crippen LogP) is 21.1. The normalized spacial score (nSPS) is 10.4. The summed E-state index contributed by atoms with van der Waals surface area (Å²) in [5.74, 6) is 0.597. The van der Waals surface area contributed by atoms with Crippen LogP contribution >= 0.6 is 0 Å². The molecule has 0 unspecified atom stereocenters. The van der Waals surface area contributed by atoms with Gasteiger partial charge in [-0.1, -0.05) is 133 Å². The summed E-state index contributed by atoms with van der Waals surface area (Å²) in [6.07, 6.45) is 20.9. The summed E-state index contributed by atoms with van der Waals surface area (Å²) >= 11 is 0. The molecule has 5 aromatic carbocycles. The predicted molar refractivity (Wildman–Crippen MR) is 467 cm³/mol. The number of nitrogens with zero attached hydrogens (tertiary/aromatic N) is 14. The van der Waals surface area contributed by atoms with E-state index >= 15 is 0 Å². The number of aryl methyl sites for hydroxylation is 4. The molecule has 0 aliphatic rings.